The molecular weight excluding hydrogens is 317 g/mol. The van der Waals surface area contributed by atoms with Crippen molar-refractivity contribution in [3.05, 3.63) is 89.2 Å². The molecule has 3 aromatic carbocycles. The van der Waals surface area contributed by atoms with Crippen LogP contribution in [-0.2, 0) is 0 Å². The van der Waals surface area contributed by atoms with E-state index in [2.05, 4.69) is 0 Å². The van der Waals surface area contributed by atoms with E-state index >= 15 is 0 Å². The monoisotopic (exact) mass is 331 g/mol. The van der Waals surface area contributed by atoms with Gasteiger partial charge >= 0.3 is 0 Å². The third-order valence-electron chi connectivity index (χ3n) is 3.85. The van der Waals surface area contributed by atoms with Gasteiger partial charge < -0.3 is 4.74 Å². The average Bonchev–Trinajstić information content (AvgIpc) is 2.67. The Morgan fingerprint density at radius 1 is 1.00 bits per heavy atom. The van der Waals surface area contributed by atoms with Crippen LogP contribution in [0.4, 0.5) is 4.39 Å². The maximum absolute atomic E-state index is 14.6. The zero-order valence-corrected chi connectivity index (χ0v) is 13.5. The van der Waals surface area contributed by atoms with E-state index in [9.17, 15) is 9.18 Å². The molecule has 0 heterocycles. The Morgan fingerprint density at radius 3 is 2.40 bits per heavy atom. The van der Waals surface area contributed by atoms with Crippen LogP contribution in [0.2, 0.25) is 0 Å². The number of ether oxygens (including phenoxy) is 1. The highest BCUT2D eigenvalue weighted by atomic mass is 19.1. The van der Waals surface area contributed by atoms with Gasteiger partial charge in [-0.1, -0.05) is 42.5 Å². The Balaban J connectivity index is 2.01. The lowest BCUT2D eigenvalue weighted by Crippen LogP contribution is -2.02. The molecule has 4 heteroatoms. The minimum atomic E-state index is -0.529. The normalized spacial score (nSPS) is 10.1. The SMILES string of the molecule is COc1cc(C#N)cc(-c2ccc(C(=O)c3ccccc3)cc2F)c1. The van der Waals surface area contributed by atoms with Gasteiger partial charge in [0.1, 0.15) is 11.6 Å². The van der Waals surface area contributed by atoms with Gasteiger partial charge in [0, 0.05) is 16.7 Å². The molecule has 0 N–H and O–H groups in total. The van der Waals surface area contributed by atoms with Crippen LogP contribution in [0.15, 0.2) is 66.7 Å². The predicted octanol–water partition coefficient (Wildman–Crippen LogP) is 4.60. The number of ketones is 1. The van der Waals surface area contributed by atoms with Gasteiger partial charge in [0.05, 0.1) is 18.7 Å². The topological polar surface area (TPSA) is 50.1 Å². The zero-order valence-electron chi connectivity index (χ0n) is 13.5. The molecule has 0 saturated heterocycles. The molecule has 3 rings (SSSR count). The summed E-state index contributed by atoms with van der Waals surface area (Å²) in [5, 5.41) is 9.10. The van der Waals surface area contributed by atoms with Crippen molar-refractivity contribution in [1.29, 1.82) is 5.26 Å². The zero-order chi connectivity index (χ0) is 17.8. The summed E-state index contributed by atoms with van der Waals surface area (Å²) in [5.74, 6) is -0.300. The Kier molecular flexibility index (Phi) is 4.58. The quantitative estimate of drug-likeness (QED) is 0.656. The second-order valence-corrected chi connectivity index (χ2v) is 5.45. The Morgan fingerprint density at radius 2 is 1.76 bits per heavy atom. The van der Waals surface area contributed by atoms with E-state index in [0.29, 0.717) is 28.0 Å². The molecule has 0 aliphatic heterocycles. The maximum atomic E-state index is 14.6. The first-order valence-electron chi connectivity index (χ1n) is 7.61. The molecule has 0 radical (unpaired) electrons. The Hall–Kier alpha value is -3.45. The minimum Gasteiger partial charge on any atom is -0.497 e. The van der Waals surface area contributed by atoms with E-state index in [1.807, 2.05) is 12.1 Å². The van der Waals surface area contributed by atoms with E-state index in [-0.39, 0.29) is 11.3 Å². The molecule has 3 nitrogen and oxygen atoms in total. The average molecular weight is 331 g/mol. The molecule has 3 aromatic rings. The molecule has 0 fully saturated rings. The fourth-order valence-electron chi connectivity index (χ4n) is 2.58. The van der Waals surface area contributed by atoms with Crippen LogP contribution in [0.3, 0.4) is 0 Å². The Bertz CT molecular complexity index is 975. The summed E-state index contributed by atoms with van der Waals surface area (Å²) in [6.45, 7) is 0. The molecule has 0 spiro atoms. The molecule has 0 saturated carbocycles. The number of benzene rings is 3. The van der Waals surface area contributed by atoms with Gasteiger partial charge in [-0.15, -0.1) is 0 Å². The van der Waals surface area contributed by atoms with E-state index in [1.165, 1.54) is 13.2 Å². The van der Waals surface area contributed by atoms with Crippen molar-refractivity contribution in [1.82, 2.24) is 0 Å². The van der Waals surface area contributed by atoms with Gasteiger partial charge in [0.15, 0.2) is 5.78 Å². The van der Waals surface area contributed by atoms with Crippen LogP contribution >= 0.6 is 0 Å². The largest absolute Gasteiger partial charge is 0.497 e. The molecule has 0 aliphatic carbocycles. The maximum Gasteiger partial charge on any atom is 0.193 e. The van der Waals surface area contributed by atoms with Gasteiger partial charge in [-0.25, -0.2) is 4.39 Å². The summed E-state index contributed by atoms with van der Waals surface area (Å²) in [6, 6.07) is 19.9. The van der Waals surface area contributed by atoms with Gasteiger partial charge in [0.25, 0.3) is 0 Å². The van der Waals surface area contributed by atoms with E-state index in [4.69, 9.17) is 10.00 Å². The first-order valence-corrected chi connectivity index (χ1v) is 7.61. The molecule has 0 unspecified atom stereocenters. The van der Waals surface area contributed by atoms with Crippen LogP contribution in [0.1, 0.15) is 21.5 Å². The van der Waals surface area contributed by atoms with E-state index in [0.717, 1.165) is 0 Å². The van der Waals surface area contributed by atoms with Gasteiger partial charge in [0.2, 0.25) is 0 Å². The summed E-state index contributed by atoms with van der Waals surface area (Å²) in [6.07, 6.45) is 0. The lowest BCUT2D eigenvalue weighted by Gasteiger charge is -2.09. The number of hydrogen-bond acceptors (Lipinski definition) is 3. The number of nitrogens with zero attached hydrogens (tertiary/aromatic N) is 1. The van der Waals surface area contributed by atoms with Crippen LogP contribution < -0.4 is 4.74 Å². The van der Waals surface area contributed by atoms with Crippen molar-refractivity contribution >= 4 is 5.78 Å². The standard InChI is InChI=1S/C21H14FNO2/c1-25-18-10-14(13-23)9-17(11-18)19-8-7-16(12-20(19)22)21(24)15-5-3-2-4-6-15/h2-12H,1H3. The number of nitriles is 1. The highest BCUT2D eigenvalue weighted by Crippen LogP contribution is 2.29. The van der Waals surface area contributed by atoms with Crippen LogP contribution in [0.25, 0.3) is 11.1 Å². The fraction of sp³-hybridized carbons (Fsp3) is 0.0476. The number of carbonyl (C=O) groups is 1. The number of methoxy groups -OCH3 is 1. The molecule has 0 aliphatic rings. The fourth-order valence-corrected chi connectivity index (χ4v) is 2.58. The molecular formula is C21H14FNO2. The van der Waals surface area contributed by atoms with Crippen molar-refractivity contribution < 1.29 is 13.9 Å². The Labute approximate surface area is 144 Å². The van der Waals surface area contributed by atoms with Crippen LogP contribution in [0.5, 0.6) is 5.75 Å². The number of hydrogen-bond donors (Lipinski definition) is 0. The summed E-state index contributed by atoms with van der Waals surface area (Å²) in [7, 11) is 1.48. The molecule has 122 valence electrons. The van der Waals surface area contributed by atoms with Crippen molar-refractivity contribution in [2.45, 2.75) is 0 Å². The minimum absolute atomic E-state index is 0.241. The number of rotatable bonds is 4. The summed E-state index contributed by atoms with van der Waals surface area (Å²) >= 11 is 0. The summed E-state index contributed by atoms with van der Waals surface area (Å²) in [5.41, 5.74) is 1.98. The smallest absolute Gasteiger partial charge is 0.193 e. The predicted molar refractivity (Wildman–Crippen MR) is 93.0 cm³/mol. The van der Waals surface area contributed by atoms with Crippen molar-refractivity contribution in [2.75, 3.05) is 7.11 Å². The van der Waals surface area contributed by atoms with Crippen LogP contribution in [-0.4, -0.2) is 12.9 Å². The second kappa shape index (κ2) is 6.98. The van der Waals surface area contributed by atoms with Gasteiger partial charge in [-0.2, -0.15) is 5.26 Å². The third kappa shape index (κ3) is 3.41. The highest BCUT2D eigenvalue weighted by Gasteiger charge is 2.14. The van der Waals surface area contributed by atoms with Crippen molar-refractivity contribution in [2.24, 2.45) is 0 Å². The molecule has 25 heavy (non-hydrogen) atoms. The van der Waals surface area contributed by atoms with E-state index in [1.54, 1.807) is 54.6 Å². The van der Waals surface area contributed by atoms with Crippen molar-refractivity contribution in [3.63, 3.8) is 0 Å². The molecule has 0 aromatic heterocycles. The van der Waals surface area contributed by atoms with Crippen LogP contribution in [0, 0.1) is 17.1 Å². The first-order chi connectivity index (χ1) is 12.1. The number of carbonyl (C=O) groups excluding carboxylic acids is 1. The number of halogens is 1. The lowest BCUT2D eigenvalue weighted by atomic mass is 9.97. The summed E-state index contributed by atoms with van der Waals surface area (Å²) < 4.78 is 19.8. The first kappa shape index (κ1) is 16.4. The molecule has 0 amide bonds. The van der Waals surface area contributed by atoms with Crippen molar-refractivity contribution in [3.8, 4) is 22.9 Å². The second-order valence-electron chi connectivity index (χ2n) is 5.45. The third-order valence-corrected chi connectivity index (χ3v) is 3.85. The van der Waals surface area contributed by atoms with Gasteiger partial charge in [-0.05, 0) is 29.8 Å². The van der Waals surface area contributed by atoms with Gasteiger partial charge in [-0.3, -0.25) is 4.79 Å². The van der Waals surface area contributed by atoms with E-state index < -0.39 is 5.82 Å². The summed E-state index contributed by atoms with van der Waals surface area (Å²) in [4.78, 5) is 12.4. The molecule has 0 bridgehead atoms. The molecule has 0 atom stereocenters. The lowest BCUT2D eigenvalue weighted by molar-refractivity contribution is 0.103. The highest BCUT2D eigenvalue weighted by molar-refractivity contribution is 6.09.